The van der Waals surface area contributed by atoms with E-state index in [4.69, 9.17) is 23.2 Å². The molecule has 18 heavy (non-hydrogen) atoms. The first-order valence-electron chi connectivity index (χ1n) is 5.02. The smallest absolute Gasteiger partial charge is 0.268 e. The van der Waals surface area contributed by atoms with Crippen LogP contribution in [0.15, 0.2) is 11.7 Å². The van der Waals surface area contributed by atoms with Crippen LogP contribution >= 0.6 is 34.5 Å². The normalized spacial score (nSPS) is 10.4. The highest BCUT2D eigenvalue weighted by molar-refractivity contribution is 7.11. The third-order valence-electron chi connectivity index (χ3n) is 2.35. The number of aryl methyl sites for hydroxylation is 1. The van der Waals surface area contributed by atoms with Crippen molar-refractivity contribution in [2.45, 2.75) is 13.8 Å². The summed E-state index contributed by atoms with van der Waals surface area (Å²) in [7, 11) is 0. The largest absolute Gasteiger partial charge is 0.305 e. The van der Waals surface area contributed by atoms with E-state index in [1.54, 1.807) is 19.4 Å². The molecular weight excluding hydrogens is 293 g/mol. The topological polar surface area (TPSA) is 54.9 Å². The van der Waals surface area contributed by atoms with Gasteiger partial charge in [-0.1, -0.05) is 23.2 Å². The molecule has 1 N–H and O–H groups in total. The first-order valence-corrected chi connectivity index (χ1v) is 6.66. The Morgan fingerprint density at radius 3 is 2.67 bits per heavy atom. The number of amides is 1. The van der Waals surface area contributed by atoms with Crippen molar-refractivity contribution in [3.63, 3.8) is 0 Å². The summed E-state index contributed by atoms with van der Waals surface area (Å²) in [6.07, 6.45) is 1.49. The highest BCUT2D eigenvalue weighted by atomic mass is 35.5. The monoisotopic (exact) mass is 301 g/mol. The molecule has 0 unspecified atom stereocenters. The van der Waals surface area contributed by atoms with E-state index in [9.17, 15) is 4.79 Å². The van der Waals surface area contributed by atoms with Gasteiger partial charge in [-0.3, -0.25) is 9.78 Å². The van der Waals surface area contributed by atoms with Crippen LogP contribution < -0.4 is 5.32 Å². The standard InChI is InChI=1S/C11H9Cl2N3OS/c1-5-8(12)6(2)15-10(9(5)13)16-11(17)7-3-14-4-18-7/h3-4H,1-2H3,(H,15,16,17). The van der Waals surface area contributed by atoms with Gasteiger partial charge in [0.1, 0.15) is 4.88 Å². The van der Waals surface area contributed by atoms with E-state index in [0.717, 1.165) is 0 Å². The lowest BCUT2D eigenvalue weighted by atomic mass is 10.2. The lowest BCUT2D eigenvalue weighted by molar-refractivity contribution is 0.103. The zero-order valence-electron chi connectivity index (χ0n) is 9.62. The van der Waals surface area contributed by atoms with Crippen LogP contribution in [0.4, 0.5) is 5.82 Å². The fraction of sp³-hybridized carbons (Fsp3) is 0.182. The highest BCUT2D eigenvalue weighted by Crippen LogP contribution is 2.31. The Morgan fingerprint density at radius 1 is 1.33 bits per heavy atom. The summed E-state index contributed by atoms with van der Waals surface area (Å²) in [5.41, 5.74) is 2.91. The van der Waals surface area contributed by atoms with E-state index in [1.807, 2.05) is 0 Å². The third kappa shape index (κ3) is 2.48. The number of nitrogens with zero attached hydrogens (tertiary/aromatic N) is 2. The second-order valence-electron chi connectivity index (χ2n) is 3.62. The first kappa shape index (κ1) is 13.3. The average molecular weight is 302 g/mol. The van der Waals surface area contributed by atoms with Crippen molar-refractivity contribution < 1.29 is 4.79 Å². The molecule has 0 aliphatic heterocycles. The molecule has 0 bridgehead atoms. The van der Waals surface area contributed by atoms with Gasteiger partial charge in [0.05, 0.1) is 27.4 Å². The number of nitrogens with one attached hydrogen (secondary N) is 1. The van der Waals surface area contributed by atoms with Crippen LogP contribution in [-0.2, 0) is 0 Å². The number of pyridine rings is 1. The number of anilines is 1. The minimum atomic E-state index is -0.284. The summed E-state index contributed by atoms with van der Waals surface area (Å²) < 4.78 is 0. The van der Waals surface area contributed by atoms with Gasteiger partial charge in [-0.05, 0) is 19.4 Å². The molecule has 0 fully saturated rings. The second-order valence-corrected chi connectivity index (χ2v) is 5.26. The number of aromatic nitrogens is 2. The van der Waals surface area contributed by atoms with E-state index >= 15 is 0 Å². The van der Waals surface area contributed by atoms with Crippen molar-refractivity contribution in [1.29, 1.82) is 0 Å². The number of carbonyl (C=O) groups excluding carboxylic acids is 1. The Hall–Kier alpha value is -1.17. The molecule has 2 aromatic heterocycles. The van der Waals surface area contributed by atoms with Gasteiger partial charge in [-0.25, -0.2) is 4.98 Å². The molecule has 2 rings (SSSR count). The summed E-state index contributed by atoms with van der Waals surface area (Å²) in [4.78, 5) is 20.4. The van der Waals surface area contributed by atoms with Gasteiger partial charge in [0.25, 0.3) is 5.91 Å². The van der Waals surface area contributed by atoms with Crippen molar-refractivity contribution in [2.24, 2.45) is 0 Å². The van der Waals surface area contributed by atoms with E-state index in [0.29, 0.717) is 32.0 Å². The molecule has 0 saturated heterocycles. The van der Waals surface area contributed by atoms with Crippen molar-refractivity contribution in [3.05, 3.63) is 37.9 Å². The minimum absolute atomic E-state index is 0.284. The molecule has 1 amide bonds. The predicted octanol–water partition coefficient (Wildman–Crippen LogP) is 3.71. The fourth-order valence-electron chi connectivity index (χ4n) is 1.39. The van der Waals surface area contributed by atoms with E-state index < -0.39 is 0 Å². The number of halogens is 2. The summed E-state index contributed by atoms with van der Waals surface area (Å²) in [5, 5.41) is 3.51. The van der Waals surface area contributed by atoms with E-state index in [1.165, 1.54) is 17.5 Å². The maximum atomic E-state index is 11.9. The van der Waals surface area contributed by atoms with Gasteiger partial charge in [-0.15, -0.1) is 11.3 Å². The van der Waals surface area contributed by atoms with Gasteiger partial charge in [0.15, 0.2) is 5.82 Å². The molecule has 0 saturated carbocycles. The van der Waals surface area contributed by atoms with Crippen LogP contribution in [-0.4, -0.2) is 15.9 Å². The van der Waals surface area contributed by atoms with Gasteiger partial charge in [0, 0.05) is 0 Å². The Morgan fingerprint density at radius 2 is 2.06 bits per heavy atom. The highest BCUT2D eigenvalue weighted by Gasteiger charge is 2.15. The summed E-state index contributed by atoms with van der Waals surface area (Å²) in [6, 6.07) is 0. The zero-order chi connectivity index (χ0) is 13.3. The second kappa shape index (κ2) is 5.22. The maximum Gasteiger partial charge on any atom is 0.268 e. The predicted molar refractivity (Wildman–Crippen MR) is 73.8 cm³/mol. The van der Waals surface area contributed by atoms with Crippen LogP contribution in [0.3, 0.4) is 0 Å². The molecule has 0 radical (unpaired) electrons. The molecule has 2 aromatic rings. The number of carbonyl (C=O) groups is 1. The Bertz CT molecular complexity index is 599. The van der Waals surface area contributed by atoms with Crippen molar-refractivity contribution in [3.8, 4) is 0 Å². The van der Waals surface area contributed by atoms with Gasteiger partial charge >= 0.3 is 0 Å². The van der Waals surface area contributed by atoms with Gasteiger partial charge < -0.3 is 5.32 Å². The van der Waals surface area contributed by atoms with Crippen LogP contribution in [0.25, 0.3) is 0 Å². The van der Waals surface area contributed by atoms with Gasteiger partial charge in [0.2, 0.25) is 0 Å². The molecular formula is C11H9Cl2N3OS. The molecule has 0 spiro atoms. The molecule has 4 nitrogen and oxygen atoms in total. The number of hydrogen-bond donors (Lipinski definition) is 1. The van der Waals surface area contributed by atoms with Crippen molar-refractivity contribution in [1.82, 2.24) is 9.97 Å². The summed E-state index contributed by atoms with van der Waals surface area (Å²) >= 11 is 13.4. The molecule has 2 heterocycles. The van der Waals surface area contributed by atoms with Crippen LogP contribution in [0.1, 0.15) is 20.9 Å². The number of thiazole rings is 1. The van der Waals surface area contributed by atoms with Crippen LogP contribution in [0.2, 0.25) is 10.0 Å². The molecule has 0 aliphatic rings. The molecule has 0 aromatic carbocycles. The zero-order valence-corrected chi connectivity index (χ0v) is 11.9. The van der Waals surface area contributed by atoms with E-state index in [2.05, 4.69) is 15.3 Å². The average Bonchev–Trinajstić information content (AvgIpc) is 2.87. The molecule has 0 aliphatic carbocycles. The molecule has 0 atom stereocenters. The Balaban J connectivity index is 2.33. The minimum Gasteiger partial charge on any atom is -0.305 e. The van der Waals surface area contributed by atoms with Crippen molar-refractivity contribution >= 4 is 46.3 Å². The lowest BCUT2D eigenvalue weighted by Gasteiger charge is -2.10. The summed E-state index contributed by atoms with van der Waals surface area (Å²) in [6.45, 7) is 3.54. The third-order valence-corrected chi connectivity index (χ3v) is 4.14. The first-order chi connectivity index (χ1) is 8.50. The number of rotatable bonds is 2. The maximum absolute atomic E-state index is 11.9. The molecule has 7 heteroatoms. The van der Waals surface area contributed by atoms with Crippen LogP contribution in [0.5, 0.6) is 0 Å². The summed E-state index contributed by atoms with van der Waals surface area (Å²) in [5.74, 6) is 0.0301. The fourth-order valence-corrected chi connectivity index (χ4v) is 2.28. The SMILES string of the molecule is Cc1nc(NC(=O)c2cncs2)c(Cl)c(C)c1Cl. The lowest BCUT2D eigenvalue weighted by Crippen LogP contribution is -2.13. The Kier molecular flexibility index (Phi) is 3.85. The molecule has 94 valence electrons. The Labute approximate surface area is 118 Å². The number of hydrogen-bond acceptors (Lipinski definition) is 4. The van der Waals surface area contributed by atoms with Crippen molar-refractivity contribution in [2.75, 3.05) is 5.32 Å². The van der Waals surface area contributed by atoms with Crippen LogP contribution in [0, 0.1) is 13.8 Å². The van der Waals surface area contributed by atoms with E-state index in [-0.39, 0.29) is 5.91 Å². The van der Waals surface area contributed by atoms with Gasteiger partial charge in [-0.2, -0.15) is 0 Å². The quantitative estimate of drug-likeness (QED) is 0.920.